The highest BCUT2D eigenvalue weighted by atomic mass is 32.2. The third-order valence-electron chi connectivity index (χ3n) is 2.16. The molecule has 1 unspecified atom stereocenters. The summed E-state index contributed by atoms with van der Waals surface area (Å²) in [7, 11) is 1.54. The molecule has 0 bridgehead atoms. The van der Waals surface area contributed by atoms with Crippen molar-refractivity contribution in [3.8, 4) is 0 Å². The van der Waals surface area contributed by atoms with Crippen LogP contribution in [0.25, 0.3) is 0 Å². The molecule has 1 aliphatic heterocycles. The molecular weight excluding hydrogens is 246 g/mol. The van der Waals surface area contributed by atoms with Gasteiger partial charge in [0.05, 0.1) is 4.92 Å². The fourth-order valence-electron chi connectivity index (χ4n) is 1.45. The lowest BCUT2D eigenvalue weighted by Crippen LogP contribution is -2.59. The first-order chi connectivity index (χ1) is 8.06. The topological polar surface area (TPSA) is 99.5 Å². The zero-order valence-corrected chi connectivity index (χ0v) is 10.6. The third-order valence-corrected chi connectivity index (χ3v) is 2.94. The first-order valence-electron chi connectivity index (χ1n) is 4.99. The van der Waals surface area contributed by atoms with Crippen LogP contribution in [0.4, 0.5) is 0 Å². The zero-order valence-electron chi connectivity index (χ0n) is 9.81. The number of amides is 1. The SMILES string of the molecule is CCNC1=C([N+](=O)[O-])C(=O)N(NC)C(SC)N1. The van der Waals surface area contributed by atoms with E-state index in [-0.39, 0.29) is 11.3 Å². The van der Waals surface area contributed by atoms with Crippen LogP contribution in [0.5, 0.6) is 0 Å². The normalized spacial score (nSPS) is 20.3. The Hall–Kier alpha value is -1.48. The van der Waals surface area contributed by atoms with Gasteiger partial charge < -0.3 is 10.6 Å². The minimum absolute atomic E-state index is 0.161. The number of nitro groups is 1. The summed E-state index contributed by atoms with van der Waals surface area (Å²) in [6.07, 6.45) is 1.80. The molecule has 1 heterocycles. The molecule has 0 fully saturated rings. The summed E-state index contributed by atoms with van der Waals surface area (Å²) in [5, 5.41) is 17.8. The van der Waals surface area contributed by atoms with E-state index in [1.165, 1.54) is 16.8 Å². The Morgan fingerprint density at radius 1 is 1.65 bits per heavy atom. The fourth-order valence-corrected chi connectivity index (χ4v) is 2.10. The summed E-state index contributed by atoms with van der Waals surface area (Å²) in [5.41, 5.74) is 1.77. The van der Waals surface area contributed by atoms with Crippen molar-refractivity contribution in [1.82, 2.24) is 21.1 Å². The van der Waals surface area contributed by atoms with Gasteiger partial charge in [-0.2, -0.15) is 0 Å². The minimum Gasteiger partial charge on any atom is -0.366 e. The second kappa shape index (κ2) is 5.73. The molecule has 96 valence electrons. The van der Waals surface area contributed by atoms with Gasteiger partial charge in [-0.3, -0.25) is 14.9 Å². The second-order valence-corrected chi connectivity index (χ2v) is 4.06. The molecule has 8 nitrogen and oxygen atoms in total. The van der Waals surface area contributed by atoms with Gasteiger partial charge in [0.1, 0.15) is 0 Å². The molecule has 17 heavy (non-hydrogen) atoms. The minimum atomic E-state index is -0.686. The van der Waals surface area contributed by atoms with E-state index in [1.807, 2.05) is 0 Å². The molecule has 9 heteroatoms. The smallest absolute Gasteiger partial charge is 0.366 e. The van der Waals surface area contributed by atoms with Crippen molar-refractivity contribution in [2.24, 2.45) is 0 Å². The number of nitrogens with zero attached hydrogens (tertiary/aromatic N) is 2. The van der Waals surface area contributed by atoms with Crippen LogP contribution in [0.1, 0.15) is 6.92 Å². The number of rotatable bonds is 5. The first kappa shape index (κ1) is 13.6. The Labute approximate surface area is 103 Å². The van der Waals surface area contributed by atoms with Crippen LogP contribution in [0.2, 0.25) is 0 Å². The van der Waals surface area contributed by atoms with Crippen molar-refractivity contribution < 1.29 is 9.72 Å². The number of hydrogen-bond acceptors (Lipinski definition) is 7. The van der Waals surface area contributed by atoms with Crippen LogP contribution < -0.4 is 16.1 Å². The fraction of sp³-hybridized carbons (Fsp3) is 0.625. The quantitative estimate of drug-likeness (QED) is 0.442. The molecule has 0 aromatic carbocycles. The van der Waals surface area contributed by atoms with Crippen LogP contribution in [0, 0.1) is 10.1 Å². The van der Waals surface area contributed by atoms with E-state index in [0.29, 0.717) is 6.54 Å². The van der Waals surface area contributed by atoms with E-state index in [2.05, 4.69) is 16.1 Å². The molecule has 0 saturated heterocycles. The predicted octanol–water partition coefficient (Wildman–Crippen LogP) is -0.745. The monoisotopic (exact) mass is 261 g/mol. The molecule has 0 aromatic heterocycles. The molecule has 0 aromatic rings. The van der Waals surface area contributed by atoms with Crippen molar-refractivity contribution in [2.75, 3.05) is 19.8 Å². The lowest BCUT2D eigenvalue weighted by atomic mass is 10.3. The molecule has 0 aliphatic carbocycles. The van der Waals surface area contributed by atoms with Crippen LogP contribution in [-0.4, -0.2) is 41.2 Å². The van der Waals surface area contributed by atoms with Crippen molar-refractivity contribution >= 4 is 17.7 Å². The Balaban J connectivity index is 3.14. The Morgan fingerprint density at radius 3 is 2.71 bits per heavy atom. The summed E-state index contributed by atoms with van der Waals surface area (Å²) in [5.74, 6) is -0.500. The van der Waals surface area contributed by atoms with Gasteiger partial charge in [0.2, 0.25) is 0 Å². The van der Waals surface area contributed by atoms with Gasteiger partial charge in [-0.25, -0.2) is 10.4 Å². The summed E-state index contributed by atoms with van der Waals surface area (Å²) in [6.45, 7) is 2.29. The number of hydrazine groups is 1. The van der Waals surface area contributed by atoms with Crippen LogP contribution in [0.15, 0.2) is 11.5 Å². The van der Waals surface area contributed by atoms with Crippen molar-refractivity contribution in [2.45, 2.75) is 12.4 Å². The average Bonchev–Trinajstić information content (AvgIpc) is 2.28. The summed E-state index contributed by atoms with van der Waals surface area (Å²) in [4.78, 5) is 22.1. The third kappa shape index (κ3) is 2.61. The number of nitrogens with one attached hydrogen (secondary N) is 3. The van der Waals surface area contributed by atoms with E-state index in [9.17, 15) is 14.9 Å². The van der Waals surface area contributed by atoms with Crippen molar-refractivity contribution in [1.29, 1.82) is 0 Å². The van der Waals surface area contributed by atoms with E-state index < -0.39 is 16.5 Å². The van der Waals surface area contributed by atoms with Gasteiger partial charge >= 0.3 is 11.6 Å². The number of carbonyl (C=O) groups is 1. The maximum absolute atomic E-state index is 11.9. The molecule has 3 N–H and O–H groups in total. The lowest BCUT2D eigenvalue weighted by Gasteiger charge is -2.34. The van der Waals surface area contributed by atoms with Gasteiger partial charge in [0, 0.05) is 13.6 Å². The highest BCUT2D eigenvalue weighted by Gasteiger charge is 2.40. The van der Waals surface area contributed by atoms with Gasteiger partial charge in [0.25, 0.3) is 0 Å². The molecule has 0 radical (unpaired) electrons. The maximum Gasteiger partial charge on any atom is 0.374 e. The molecule has 0 spiro atoms. The average molecular weight is 261 g/mol. The zero-order chi connectivity index (χ0) is 13.0. The molecule has 1 atom stereocenters. The molecule has 1 amide bonds. The first-order valence-corrected chi connectivity index (χ1v) is 6.28. The summed E-state index contributed by atoms with van der Waals surface area (Å²) < 4.78 is 0. The van der Waals surface area contributed by atoms with Crippen LogP contribution in [-0.2, 0) is 4.79 Å². The summed E-state index contributed by atoms with van der Waals surface area (Å²) in [6, 6.07) is 0. The number of thioether (sulfide) groups is 1. The number of hydrogen-bond donors (Lipinski definition) is 3. The lowest BCUT2D eigenvalue weighted by molar-refractivity contribution is -0.423. The summed E-state index contributed by atoms with van der Waals surface area (Å²) >= 11 is 1.36. The molecule has 0 saturated carbocycles. The van der Waals surface area contributed by atoms with Gasteiger partial charge in [-0.15, -0.1) is 11.8 Å². The molecule has 1 rings (SSSR count). The van der Waals surface area contributed by atoms with Crippen molar-refractivity contribution in [3.05, 3.63) is 21.6 Å². The predicted molar refractivity (Wildman–Crippen MR) is 64.0 cm³/mol. The van der Waals surface area contributed by atoms with E-state index >= 15 is 0 Å². The Bertz CT molecular complexity index is 359. The molecule has 1 aliphatic rings. The highest BCUT2D eigenvalue weighted by Crippen LogP contribution is 2.19. The maximum atomic E-state index is 11.9. The Kier molecular flexibility index (Phi) is 4.58. The number of carbonyl (C=O) groups excluding carboxylic acids is 1. The van der Waals surface area contributed by atoms with Gasteiger partial charge in [-0.05, 0) is 13.2 Å². The van der Waals surface area contributed by atoms with Crippen LogP contribution in [0.3, 0.4) is 0 Å². The standard InChI is InChI=1S/C8H15N5O3S/c1-4-10-6-5(13(15)16)7(14)12(9-2)8(11-6)17-3/h8-11H,4H2,1-3H3. The second-order valence-electron chi connectivity index (χ2n) is 3.14. The van der Waals surface area contributed by atoms with Gasteiger partial charge in [-0.1, -0.05) is 0 Å². The molecular formula is C8H15N5O3S. The van der Waals surface area contributed by atoms with Gasteiger partial charge in [0.15, 0.2) is 11.3 Å². The van der Waals surface area contributed by atoms with E-state index in [4.69, 9.17) is 0 Å². The van der Waals surface area contributed by atoms with Crippen molar-refractivity contribution in [3.63, 3.8) is 0 Å². The van der Waals surface area contributed by atoms with Crippen LogP contribution >= 0.6 is 11.8 Å². The largest absolute Gasteiger partial charge is 0.374 e. The van der Waals surface area contributed by atoms with E-state index in [0.717, 1.165) is 0 Å². The van der Waals surface area contributed by atoms with E-state index in [1.54, 1.807) is 20.2 Å². The Morgan fingerprint density at radius 2 is 2.29 bits per heavy atom. The highest BCUT2D eigenvalue weighted by molar-refractivity contribution is 7.99.